The van der Waals surface area contributed by atoms with Crippen molar-refractivity contribution in [3.8, 4) is 0 Å². The lowest BCUT2D eigenvalue weighted by atomic mass is 9.87. The van der Waals surface area contributed by atoms with Gasteiger partial charge in [-0.3, -0.25) is 9.59 Å². The molecule has 0 spiro atoms. The van der Waals surface area contributed by atoms with E-state index in [0.29, 0.717) is 6.54 Å². The van der Waals surface area contributed by atoms with Gasteiger partial charge in [-0.15, -0.1) is 0 Å². The smallest absolute Gasteiger partial charge is 0.247 e. The zero-order chi connectivity index (χ0) is 18.9. The van der Waals surface area contributed by atoms with E-state index in [4.69, 9.17) is 0 Å². The zero-order valence-corrected chi connectivity index (χ0v) is 16.0. The Morgan fingerprint density at radius 3 is 2.31 bits per heavy atom. The zero-order valence-electron chi connectivity index (χ0n) is 16.0. The third kappa shape index (κ3) is 3.64. The first-order valence-electron chi connectivity index (χ1n) is 9.04. The van der Waals surface area contributed by atoms with Crippen LogP contribution in [0.15, 0.2) is 48.5 Å². The molecule has 4 heteroatoms. The van der Waals surface area contributed by atoms with Crippen LogP contribution in [0.3, 0.4) is 0 Å². The van der Waals surface area contributed by atoms with Crippen LogP contribution in [-0.2, 0) is 21.4 Å². The molecule has 0 radical (unpaired) electrons. The molecule has 1 aliphatic heterocycles. The maximum Gasteiger partial charge on any atom is 0.247 e. The van der Waals surface area contributed by atoms with Gasteiger partial charge in [-0.05, 0) is 41.2 Å². The van der Waals surface area contributed by atoms with Crippen molar-refractivity contribution in [1.82, 2.24) is 0 Å². The van der Waals surface area contributed by atoms with Crippen molar-refractivity contribution >= 4 is 23.2 Å². The molecule has 0 atom stereocenters. The number of fused-ring (bicyclic) bond motifs is 1. The number of amides is 2. The number of benzene rings is 2. The van der Waals surface area contributed by atoms with Crippen molar-refractivity contribution in [3.63, 3.8) is 0 Å². The maximum atomic E-state index is 12.9. The molecule has 2 aromatic carbocycles. The number of anilines is 2. The van der Waals surface area contributed by atoms with Crippen LogP contribution in [0.4, 0.5) is 11.4 Å². The number of hydrogen-bond donors (Lipinski definition) is 0. The summed E-state index contributed by atoms with van der Waals surface area (Å²) in [7, 11) is 0. The molecule has 4 nitrogen and oxygen atoms in total. The van der Waals surface area contributed by atoms with E-state index in [-0.39, 0.29) is 23.8 Å². The predicted molar refractivity (Wildman–Crippen MR) is 106 cm³/mol. The molecule has 0 aromatic heterocycles. The van der Waals surface area contributed by atoms with Gasteiger partial charge in [-0.1, -0.05) is 51.1 Å². The minimum Gasteiger partial charge on any atom is -0.310 e. The summed E-state index contributed by atoms with van der Waals surface area (Å²) in [5, 5.41) is 0. The molecule has 1 heterocycles. The van der Waals surface area contributed by atoms with Crippen LogP contribution in [0, 0.1) is 0 Å². The molecule has 3 rings (SSSR count). The van der Waals surface area contributed by atoms with Crippen molar-refractivity contribution in [1.29, 1.82) is 0 Å². The molecule has 2 amide bonds. The fourth-order valence-corrected chi connectivity index (χ4v) is 3.34. The number of carbonyl (C=O) groups excluding carboxylic acids is 2. The molecule has 0 fully saturated rings. The highest BCUT2D eigenvalue weighted by atomic mass is 16.2. The summed E-state index contributed by atoms with van der Waals surface area (Å²) in [5.41, 5.74) is 4.15. The largest absolute Gasteiger partial charge is 0.310 e. The van der Waals surface area contributed by atoms with E-state index in [1.165, 1.54) is 18.1 Å². The van der Waals surface area contributed by atoms with Gasteiger partial charge < -0.3 is 9.80 Å². The molecule has 26 heavy (non-hydrogen) atoms. The average Bonchev–Trinajstić information content (AvgIpc) is 3.03. The number of carbonyl (C=O) groups is 2. The first-order valence-corrected chi connectivity index (χ1v) is 9.04. The maximum absolute atomic E-state index is 12.9. The van der Waals surface area contributed by atoms with Crippen molar-refractivity contribution < 1.29 is 9.59 Å². The molecular formula is C22H26N2O2. The fraction of sp³-hybridized carbons (Fsp3) is 0.364. The van der Waals surface area contributed by atoms with E-state index in [1.54, 1.807) is 9.80 Å². The summed E-state index contributed by atoms with van der Waals surface area (Å²) in [6.45, 7) is 8.69. The molecule has 0 unspecified atom stereocenters. The van der Waals surface area contributed by atoms with Crippen LogP contribution in [-0.4, -0.2) is 24.9 Å². The lowest BCUT2D eigenvalue weighted by molar-refractivity contribution is -0.121. The van der Waals surface area contributed by atoms with Crippen molar-refractivity contribution in [2.24, 2.45) is 0 Å². The Labute approximate surface area is 155 Å². The SMILES string of the molecule is CC(=O)N(CC(=O)N1CCc2ccccc21)c1ccc(C(C)(C)C)cc1. The lowest BCUT2D eigenvalue weighted by Gasteiger charge is -2.26. The van der Waals surface area contributed by atoms with E-state index in [1.807, 2.05) is 42.5 Å². The van der Waals surface area contributed by atoms with Gasteiger partial charge in [0.25, 0.3) is 0 Å². The monoisotopic (exact) mass is 350 g/mol. The summed E-state index contributed by atoms with van der Waals surface area (Å²) < 4.78 is 0. The summed E-state index contributed by atoms with van der Waals surface area (Å²) >= 11 is 0. The van der Waals surface area contributed by atoms with Gasteiger partial charge in [0.2, 0.25) is 11.8 Å². The number of nitrogens with zero attached hydrogens (tertiary/aromatic N) is 2. The van der Waals surface area contributed by atoms with E-state index in [0.717, 1.165) is 17.8 Å². The second-order valence-corrected chi connectivity index (χ2v) is 7.83. The van der Waals surface area contributed by atoms with Crippen LogP contribution >= 0.6 is 0 Å². The average molecular weight is 350 g/mol. The Morgan fingerprint density at radius 2 is 1.69 bits per heavy atom. The fourth-order valence-electron chi connectivity index (χ4n) is 3.34. The Bertz CT molecular complexity index is 819. The van der Waals surface area contributed by atoms with Crippen LogP contribution in [0.2, 0.25) is 0 Å². The summed E-state index contributed by atoms with van der Waals surface area (Å²) in [4.78, 5) is 28.4. The van der Waals surface area contributed by atoms with Crippen LogP contribution in [0.25, 0.3) is 0 Å². The van der Waals surface area contributed by atoms with Gasteiger partial charge in [0, 0.05) is 24.8 Å². The van der Waals surface area contributed by atoms with Gasteiger partial charge in [0.15, 0.2) is 0 Å². The summed E-state index contributed by atoms with van der Waals surface area (Å²) in [6, 6.07) is 15.9. The van der Waals surface area contributed by atoms with Gasteiger partial charge in [0.05, 0.1) is 0 Å². The first-order chi connectivity index (χ1) is 12.3. The highest BCUT2D eigenvalue weighted by Gasteiger charge is 2.27. The lowest BCUT2D eigenvalue weighted by Crippen LogP contribution is -2.41. The minimum atomic E-state index is -0.130. The first kappa shape index (κ1) is 18.2. The number of para-hydroxylation sites is 1. The molecule has 0 N–H and O–H groups in total. The third-order valence-corrected chi connectivity index (χ3v) is 4.91. The molecule has 0 aliphatic carbocycles. The van der Waals surface area contributed by atoms with Gasteiger partial charge in [-0.25, -0.2) is 0 Å². The molecule has 0 saturated carbocycles. The van der Waals surface area contributed by atoms with Crippen LogP contribution < -0.4 is 9.80 Å². The summed E-state index contributed by atoms with van der Waals surface area (Å²) in [6.07, 6.45) is 0.863. The third-order valence-electron chi connectivity index (χ3n) is 4.91. The van der Waals surface area contributed by atoms with Crippen LogP contribution in [0.1, 0.15) is 38.8 Å². The van der Waals surface area contributed by atoms with Gasteiger partial charge >= 0.3 is 0 Å². The Hall–Kier alpha value is -2.62. The van der Waals surface area contributed by atoms with E-state index in [2.05, 4.69) is 26.8 Å². The standard InChI is InChI=1S/C22H26N2O2/c1-16(25)24(19-11-9-18(10-12-19)22(2,3)4)15-21(26)23-14-13-17-7-5-6-8-20(17)23/h5-12H,13-15H2,1-4H3. The van der Waals surface area contributed by atoms with Crippen molar-refractivity contribution in [2.75, 3.05) is 22.9 Å². The summed E-state index contributed by atoms with van der Waals surface area (Å²) in [5.74, 6) is -0.181. The van der Waals surface area contributed by atoms with Crippen molar-refractivity contribution in [3.05, 3.63) is 59.7 Å². The van der Waals surface area contributed by atoms with Gasteiger partial charge in [0.1, 0.15) is 6.54 Å². The minimum absolute atomic E-state index is 0.0503. The van der Waals surface area contributed by atoms with Crippen LogP contribution in [0.5, 0.6) is 0 Å². The highest BCUT2D eigenvalue weighted by Crippen LogP contribution is 2.28. The quantitative estimate of drug-likeness (QED) is 0.842. The van der Waals surface area contributed by atoms with Gasteiger partial charge in [-0.2, -0.15) is 0 Å². The Kier molecular flexibility index (Phi) is 4.86. The normalized spacial score (nSPS) is 13.5. The second kappa shape index (κ2) is 6.94. The number of rotatable bonds is 3. The van der Waals surface area contributed by atoms with E-state index in [9.17, 15) is 9.59 Å². The predicted octanol–water partition coefficient (Wildman–Crippen LogP) is 3.93. The molecular weight excluding hydrogens is 324 g/mol. The topological polar surface area (TPSA) is 40.6 Å². The molecule has 0 saturated heterocycles. The highest BCUT2D eigenvalue weighted by molar-refractivity contribution is 6.03. The molecule has 1 aliphatic rings. The molecule has 2 aromatic rings. The second-order valence-electron chi connectivity index (χ2n) is 7.83. The molecule has 136 valence electrons. The Balaban J connectivity index is 1.79. The van der Waals surface area contributed by atoms with E-state index >= 15 is 0 Å². The van der Waals surface area contributed by atoms with E-state index < -0.39 is 0 Å². The number of hydrogen-bond acceptors (Lipinski definition) is 2. The van der Waals surface area contributed by atoms with Crippen molar-refractivity contribution in [2.45, 2.75) is 39.5 Å². The Morgan fingerprint density at radius 1 is 1.04 bits per heavy atom. The molecule has 0 bridgehead atoms.